The maximum atomic E-state index is 14.9. The Morgan fingerprint density at radius 2 is 1.91 bits per heavy atom. The van der Waals surface area contributed by atoms with Crippen LogP contribution in [0.25, 0.3) is 21.9 Å². The first-order valence-corrected chi connectivity index (χ1v) is 10.9. The molecular weight excluding hydrogens is 454 g/mol. The average Bonchev–Trinajstić information content (AvgIpc) is 3.42. The largest absolute Gasteiger partial charge is 0.397 e. The summed E-state index contributed by atoms with van der Waals surface area (Å²) in [5, 5.41) is 18.7. The Morgan fingerprint density at radius 1 is 1.06 bits per heavy atom. The predicted molar refractivity (Wildman–Crippen MR) is 126 cm³/mol. The van der Waals surface area contributed by atoms with Crippen LogP contribution < -0.4 is 11.1 Å². The number of hydrogen-bond acceptors (Lipinski definition) is 7. The lowest BCUT2D eigenvalue weighted by molar-refractivity contribution is 0.151. The molecule has 176 valence electrons. The monoisotopic (exact) mass is 474 g/mol. The van der Waals surface area contributed by atoms with Gasteiger partial charge in [0.1, 0.15) is 17.7 Å². The minimum Gasteiger partial charge on any atom is -0.397 e. The Bertz CT molecular complexity index is 1610. The molecule has 1 atom stereocenters. The van der Waals surface area contributed by atoms with Crippen molar-refractivity contribution in [2.24, 2.45) is 0 Å². The van der Waals surface area contributed by atoms with Gasteiger partial charge in [0.05, 0.1) is 30.7 Å². The highest BCUT2D eigenvalue weighted by atomic mass is 19.2. The van der Waals surface area contributed by atoms with Gasteiger partial charge in [0.2, 0.25) is 0 Å². The Hall–Kier alpha value is -4.38. The van der Waals surface area contributed by atoms with Crippen molar-refractivity contribution in [3.63, 3.8) is 0 Å². The van der Waals surface area contributed by atoms with E-state index in [1.165, 1.54) is 18.6 Å². The fourth-order valence-electron chi connectivity index (χ4n) is 4.40. The van der Waals surface area contributed by atoms with Gasteiger partial charge in [-0.15, -0.1) is 0 Å². The molecule has 0 radical (unpaired) electrons. The highest BCUT2D eigenvalue weighted by molar-refractivity contribution is 5.90. The van der Waals surface area contributed by atoms with Crippen molar-refractivity contribution in [3.8, 4) is 11.1 Å². The minimum atomic E-state index is -0.995. The Morgan fingerprint density at radius 3 is 2.77 bits per heavy atom. The Kier molecular flexibility index (Phi) is 4.74. The van der Waals surface area contributed by atoms with E-state index in [0.29, 0.717) is 52.6 Å². The van der Waals surface area contributed by atoms with Crippen molar-refractivity contribution in [1.29, 1.82) is 0 Å². The molecule has 4 aromatic heterocycles. The SMILES string of the molecule is Cc1c(N)cncc1-c1cc2cc(Nc3cc4n(n3)Cc3nccn3C[C@H]4O)ncc2c(F)c1F. The number of nitrogens with two attached hydrogens (primary N) is 1. The molecule has 4 N–H and O–H groups in total. The summed E-state index contributed by atoms with van der Waals surface area (Å²) in [5.74, 6) is -0.338. The summed E-state index contributed by atoms with van der Waals surface area (Å²) >= 11 is 0. The quantitative estimate of drug-likeness (QED) is 0.365. The lowest BCUT2D eigenvalue weighted by Crippen LogP contribution is -2.07. The van der Waals surface area contributed by atoms with Gasteiger partial charge in [0.25, 0.3) is 0 Å². The number of imidazole rings is 1. The van der Waals surface area contributed by atoms with Crippen molar-refractivity contribution in [2.75, 3.05) is 11.1 Å². The van der Waals surface area contributed by atoms with Crippen LogP contribution in [0.2, 0.25) is 0 Å². The predicted octanol–water partition coefficient (Wildman–Crippen LogP) is 3.70. The van der Waals surface area contributed by atoms with Crippen LogP contribution in [0, 0.1) is 18.6 Å². The first-order chi connectivity index (χ1) is 16.9. The number of pyridine rings is 2. The van der Waals surface area contributed by atoms with E-state index in [1.807, 2.05) is 10.8 Å². The van der Waals surface area contributed by atoms with Gasteiger partial charge in [-0.05, 0) is 30.0 Å². The Balaban J connectivity index is 1.37. The molecular formula is C24H20F2N8O. The van der Waals surface area contributed by atoms with E-state index in [-0.39, 0.29) is 10.9 Å². The smallest absolute Gasteiger partial charge is 0.168 e. The number of benzene rings is 1. The van der Waals surface area contributed by atoms with Gasteiger partial charge >= 0.3 is 0 Å². The summed E-state index contributed by atoms with van der Waals surface area (Å²) in [7, 11) is 0. The third kappa shape index (κ3) is 3.48. The number of anilines is 3. The van der Waals surface area contributed by atoms with E-state index < -0.39 is 17.7 Å². The normalized spacial score (nSPS) is 15.0. The van der Waals surface area contributed by atoms with Crippen molar-refractivity contribution in [1.82, 2.24) is 29.3 Å². The molecule has 0 unspecified atom stereocenters. The minimum absolute atomic E-state index is 0.0502. The van der Waals surface area contributed by atoms with Crippen LogP contribution in [0.5, 0.6) is 0 Å². The summed E-state index contributed by atoms with van der Waals surface area (Å²) in [5.41, 5.74) is 8.05. The fraction of sp³-hybridized carbons (Fsp3) is 0.167. The summed E-state index contributed by atoms with van der Waals surface area (Å²) < 4.78 is 33.4. The molecule has 5 heterocycles. The molecule has 9 nitrogen and oxygen atoms in total. The van der Waals surface area contributed by atoms with E-state index >= 15 is 0 Å². The average molecular weight is 474 g/mol. The second-order valence-electron chi connectivity index (χ2n) is 8.49. The molecule has 0 spiro atoms. The molecule has 0 saturated heterocycles. The lowest BCUT2D eigenvalue weighted by Gasteiger charge is -2.12. The van der Waals surface area contributed by atoms with Gasteiger partial charge < -0.3 is 20.7 Å². The van der Waals surface area contributed by atoms with Gasteiger partial charge in [-0.25, -0.2) is 18.7 Å². The van der Waals surface area contributed by atoms with Gasteiger partial charge in [-0.1, -0.05) is 0 Å². The summed E-state index contributed by atoms with van der Waals surface area (Å²) in [4.78, 5) is 12.6. The molecule has 5 aromatic rings. The molecule has 1 aliphatic rings. The number of nitrogen functional groups attached to an aromatic ring is 1. The first-order valence-electron chi connectivity index (χ1n) is 10.9. The molecule has 0 saturated carbocycles. The van der Waals surface area contributed by atoms with Crippen LogP contribution in [0.4, 0.5) is 26.1 Å². The van der Waals surface area contributed by atoms with Crippen molar-refractivity contribution in [3.05, 3.63) is 77.9 Å². The number of aromatic nitrogens is 6. The molecule has 0 bridgehead atoms. The van der Waals surface area contributed by atoms with Gasteiger partial charge in [0, 0.05) is 47.4 Å². The maximum absolute atomic E-state index is 14.9. The zero-order chi connectivity index (χ0) is 24.3. The van der Waals surface area contributed by atoms with Crippen LogP contribution >= 0.6 is 0 Å². The highest BCUT2D eigenvalue weighted by Crippen LogP contribution is 2.34. The van der Waals surface area contributed by atoms with Crippen LogP contribution in [-0.4, -0.2) is 34.4 Å². The van der Waals surface area contributed by atoms with E-state index in [9.17, 15) is 13.9 Å². The highest BCUT2D eigenvalue weighted by Gasteiger charge is 2.23. The Labute approximate surface area is 197 Å². The second-order valence-corrected chi connectivity index (χ2v) is 8.49. The molecule has 11 heteroatoms. The fourth-order valence-corrected chi connectivity index (χ4v) is 4.40. The van der Waals surface area contributed by atoms with Crippen molar-refractivity contribution >= 4 is 28.1 Å². The number of halogens is 2. The van der Waals surface area contributed by atoms with Crippen molar-refractivity contribution < 1.29 is 13.9 Å². The number of hydrogen-bond donors (Lipinski definition) is 3. The summed E-state index contributed by atoms with van der Waals surface area (Å²) in [6.45, 7) is 2.52. The first kappa shape index (κ1) is 21.2. The third-order valence-corrected chi connectivity index (χ3v) is 6.32. The molecule has 0 fully saturated rings. The maximum Gasteiger partial charge on any atom is 0.168 e. The summed E-state index contributed by atoms with van der Waals surface area (Å²) in [6, 6.07) is 4.90. The standard InChI is InChI=1S/C24H20F2N8O/c1-12-15(7-28-9-17(12)27)14-4-13-5-20(30-8-16(13)24(26)23(14)25)31-21-6-18-19(35)10-33-3-2-29-22(33)11-34(18)32-21/h2-9,19,35H,10-11,27H2,1H3,(H,30,31,32)/t19-/m1/s1. The number of fused-ring (bicyclic) bond motifs is 3. The van der Waals surface area contributed by atoms with Gasteiger partial charge in [-0.2, -0.15) is 5.10 Å². The second kappa shape index (κ2) is 7.84. The van der Waals surface area contributed by atoms with Gasteiger partial charge in [-0.3, -0.25) is 9.67 Å². The van der Waals surface area contributed by atoms with E-state index in [0.717, 1.165) is 5.82 Å². The van der Waals surface area contributed by atoms with Crippen LogP contribution in [0.15, 0.2) is 49.2 Å². The number of aliphatic hydroxyl groups excluding tert-OH is 1. The van der Waals surface area contributed by atoms with Crippen molar-refractivity contribution in [2.45, 2.75) is 26.1 Å². The molecule has 0 aliphatic carbocycles. The topological polar surface area (TPSA) is 120 Å². The van der Waals surface area contributed by atoms with E-state index in [4.69, 9.17) is 5.73 Å². The summed E-state index contributed by atoms with van der Waals surface area (Å²) in [6.07, 6.45) is 6.96. The van der Waals surface area contributed by atoms with Crippen LogP contribution in [0.1, 0.15) is 23.2 Å². The van der Waals surface area contributed by atoms with Crippen LogP contribution in [0.3, 0.4) is 0 Å². The van der Waals surface area contributed by atoms with Gasteiger partial charge in [0.15, 0.2) is 17.5 Å². The molecule has 6 rings (SSSR count). The molecule has 1 aliphatic heterocycles. The number of rotatable bonds is 3. The van der Waals surface area contributed by atoms with E-state index in [1.54, 1.807) is 36.0 Å². The zero-order valence-corrected chi connectivity index (χ0v) is 18.6. The number of nitrogens with one attached hydrogen (secondary N) is 1. The number of aliphatic hydroxyl groups is 1. The molecule has 0 amide bonds. The zero-order valence-electron chi connectivity index (χ0n) is 18.6. The van der Waals surface area contributed by atoms with E-state index in [2.05, 4.69) is 25.4 Å². The molecule has 35 heavy (non-hydrogen) atoms. The molecule has 1 aromatic carbocycles. The lowest BCUT2D eigenvalue weighted by atomic mass is 9.98. The number of nitrogens with zero attached hydrogens (tertiary/aromatic N) is 6. The van der Waals surface area contributed by atoms with Crippen LogP contribution in [-0.2, 0) is 13.1 Å². The third-order valence-electron chi connectivity index (χ3n) is 6.32.